The van der Waals surface area contributed by atoms with E-state index in [4.69, 9.17) is 19.4 Å². The summed E-state index contributed by atoms with van der Waals surface area (Å²) in [4.78, 5) is 22.1. The molecule has 0 fully saturated rings. The van der Waals surface area contributed by atoms with Crippen LogP contribution in [0.1, 0.15) is 17.3 Å². The molecule has 7 heteroatoms. The summed E-state index contributed by atoms with van der Waals surface area (Å²) in [5, 5.41) is 6.21. The zero-order valence-corrected chi connectivity index (χ0v) is 24.1. The van der Waals surface area contributed by atoms with Crippen molar-refractivity contribution in [2.24, 2.45) is 0 Å². The third-order valence-electron chi connectivity index (χ3n) is 7.08. The van der Waals surface area contributed by atoms with Crippen LogP contribution in [0.3, 0.4) is 0 Å². The second kappa shape index (κ2) is 12.0. The lowest BCUT2D eigenvalue weighted by Gasteiger charge is -2.13. The van der Waals surface area contributed by atoms with E-state index in [1.54, 1.807) is 19.1 Å². The minimum absolute atomic E-state index is 0.0187. The lowest BCUT2D eigenvalue weighted by Crippen LogP contribution is -1.98. The number of carbonyl (C=O) groups excluding carboxylic acids is 1. The molecule has 0 aliphatic rings. The van der Waals surface area contributed by atoms with Crippen LogP contribution in [-0.4, -0.2) is 29.8 Å². The van der Waals surface area contributed by atoms with Crippen molar-refractivity contribution in [1.82, 2.24) is 9.97 Å². The van der Waals surface area contributed by atoms with Gasteiger partial charge in [0.2, 0.25) is 0 Å². The van der Waals surface area contributed by atoms with Gasteiger partial charge in [0.25, 0.3) is 0 Å². The Labute approximate surface area is 250 Å². The number of fused-ring (bicyclic) bond motifs is 1. The van der Waals surface area contributed by atoms with E-state index in [0.29, 0.717) is 33.8 Å². The van der Waals surface area contributed by atoms with Gasteiger partial charge in [0.15, 0.2) is 5.78 Å². The predicted octanol–water partition coefficient (Wildman–Crippen LogP) is 8.83. The smallest absolute Gasteiger partial charge is 0.159 e. The molecule has 0 saturated carbocycles. The molecular weight excluding hydrogens is 536 g/mol. The summed E-state index contributed by atoms with van der Waals surface area (Å²) in [6.45, 7) is 1.55. The Hall–Kier alpha value is -5.69. The summed E-state index contributed by atoms with van der Waals surface area (Å²) in [6, 6.07) is 36.5. The highest BCUT2D eigenvalue weighted by molar-refractivity contribution is 5.98. The molecule has 0 atom stereocenters. The van der Waals surface area contributed by atoms with Crippen molar-refractivity contribution in [3.63, 3.8) is 0 Å². The molecule has 5 aromatic carbocycles. The second-order valence-corrected chi connectivity index (χ2v) is 9.98. The molecule has 0 saturated heterocycles. The van der Waals surface area contributed by atoms with E-state index in [1.165, 1.54) is 0 Å². The summed E-state index contributed by atoms with van der Waals surface area (Å²) in [5.41, 5.74) is 7.18. The Balaban J connectivity index is 1.34. The van der Waals surface area contributed by atoms with E-state index in [-0.39, 0.29) is 5.78 Å². The van der Waals surface area contributed by atoms with Crippen LogP contribution in [0.2, 0.25) is 0 Å². The third kappa shape index (κ3) is 6.16. The molecule has 0 amide bonds. The average molecular weight is 567 g/mol. The van der Waals surface area contributed by atoms with Crippen LogP contribution < -0.4 is 20.1 Å². The van der Waals surface area contributed by atoms with Crippen LogP contribution in [0, 0.1) is 0 Å². The van der Waals surface area contributed by atoms with Crippen LogP contribution >= 0.6 is 0 Å². The first-order chi connectivity index (χ1) is 21.0. The Morgan fingerprint density at radius 3 is 1.33 bits per heavy atom. The average Bonchev–Trinajstić information content (AvgIpc) is 3.05. The molecule has 6 aromatic rings. The molecule has 7 nitrogen and oxygen atoms in total. The molecule has 6 rings (SSSR count). The number of ether oxygens (including phenoxy) is 2. The van der Waals surface area contributed by atoms with Gasteiger partial charge in [-0.1, -0.05) is 0 Å². The molecular formula is C36H30N4O3. The van der Waals surface area contributed by atoms with Crippen LogP contribution in [-0.2, 0) is 0 Å². The quantitative estimate of drug-likeness (QED) is 0.169. The molecule has 0 unspecified atom stereocenters. The van der Waals surface area contributed by atoms with Crippen LogP contribution in [0.5, 0.6) is 23.0 Å². The zero-order chi connectivity index (χ0) is 29.8. The maximum absolute atomic E-state index is 12.1. The van der Waals surface area contributed by atoms with Crippen molar-refractivity contribution in [3.8, 4) is 45.5 Å². The Morgan fingerprint density at radius 1 is 0.535 bits per heavy atom. The highest BCUT2D eigenvalue weighted by Gasteiger charge is 2.15. The number of nitrogens with one attached hydrogen (secondary N) is 2. The number of rotatable bonds is 9. The Kier molecular flexibility index (Phi) is 7.70. The van der Waals surface area contributed by atoms with Gasteiger partial charge >= 0.3 is 0 Å². The zero-order valence-electron chi connectivity index (χ0n) is 24.1. The van der Waals surface area contributed by atoms with Gasteiger partial charge in [0.05, 0.1) is 22.4 Å². The van der Waals surface area contributed by atoms with Crippen molar-refractivity contribution < 1.29 is 14.3 Å². The fourth-order valence-electron chi connectivity index (χ4n) is 4.69. The van der Waals surface area contributed by atoms with E-state index < -0.39 is 0 Å². The molecule has 212 valence electrons. The number of aromatic nitrogens is 2. The number of hydrogen-bond donors (Lipinski definition) is 2. The molecule has 0 radical (unpaired) electrons. The minimum atomic E-state index is -0.0187. The van der Waals surface area contributed by atoms with Crippen LogP contribution in [0.4, 0.5) is 11.4 Å². The summed E-state index contributed by atoms with van der Waals surface area (Å²) in [6.07, 6.45) is 0. The summed E-state index contributed by atoms with van der Waals surface area (Å²) < 4.78 is 12.1. The number of hydrogen-bond acceptors (Lipinski definition) is 7. The highest BCUT2D eigenvalue weighted by Crippen LogP contribution is 2.34. The van der Waals surface area contributed by atoms with Gasteiger partial charge in [-0.25, -0.2) is 9.97 Å². The van der Waals surface area contributed by atoms with E-state index in [1.807, 2.05) is 117 Å². The van der Waals surface area contributed by atoms with Gasteiger partial charge in [0, 0.05) is 42.2 Å². The second-order valence-electron chi connectivity index (χ2n) is 9.98. The molecule has 0 bridgehead atoms. The molecule has 0 spiro atoms. The monoisotopic (exact) mass is 566 g/mol. The predicted molar refractivity (Wildman–Crippen MR) is 173 cm³/mol. The largest absolute Gasteiger partial charge is 0.457 e. The maximum Gasteiger partial charge on any atom is 0.159 e. The number of Topliss-reactive ketones (excluding diaryl/α,β-unsaturated/α-hetero) is 1. The first-order valence-electron chi connectivity index (χ1n) is 13.9. The van der Waals surface area contributed by atoms with Gasteiger partial charge < -0.3 is 20.1 Å². The van der Waals surface area contributed by atoms with Gasteiger partial charge in [-0.05, 0) is 122 Å². The number of nitrogens with zero attached hydrogens (tertiary/aromatic N) is 2. The minimum Gasteiger partial charge on any atom is -0.457 e. The van der Waals surface area contributed by atoms with E-state index in [9.17, 15) is 4.79 Å². The van der Waals surface area contributed by atoms with Crippen molar-refractivity contribution >= 4 is 28.2 Å². The topological polar surface area (TPSA) is 85.4 Å². The lowest BCUT2D eigenvalue weighted by atomic mass is 10.0. The SMILES string of the molecule is CNc1ccc(Oc2ccc(-c3nc4ccc(C(C)=O)cc4nc3-c3ccc(Oc4ccc(NC)cc4)cc3)cc2)cc1. The fourth-order valence-corrected chi connectivity index (χ4v) is 4.69. The molecule has 1 heterocycles. The van der Waals surface area contributed by atoms with Crippen molar-refractivity contribution in [2.75, 3.05) is 24.7 Å². The Bertz CT molecular complexity index is 1880. The normalized spacial score (nSPS) is 10.8. The molecule has 0 aliphatic heterocycles. The van der Waals surface area contributed by atoms with Gasteiger partial charge in [0.1, 0.15) is 23.0 Å². The van der Waals surface area contributed by atoms with Crippen molar-refractivity contribution in [2.45, 2.75) is 6.92 Å². The summed E-state index contributed by atoms with van der Waals surface area (Å²) in [5.74, 6) is 2.90. The molecule has 0 aliphatic carbocycles. The van der Waals surface area contributed by atoms with Crippen LogP contribution in [0.15, 0.2) is 115 Å². The van der Waals surface area contributed by atoms with E-state index in [2.05, 4.69) is 10.6 Å². The van der Waals surface area contributed by atoms with Gasteiger partial charge in [-0.2, -0.15) is 0 Å². The fraction of sp³-hybridized carbons (Fsp3) is 0.0833. The molecule has 1 aromatic heterocycles. The summed E-state index contributed by atoms with van der Waals surface area (Å²) >= 11 is 0. The standard InChI is InChI=1S/C36H30N4O3/c1-23(41)26-8-21-33-34(22-26)40-36(25-6-15-30(16-7-25)43-32-19-11-28(38-3)12-20-32)35(39-33)24-4-13-29(14-5-24)42-31-17-9-27(37-2)10-18-31/h4-22,37-38H,1-3H3. The first-order valence-corrected chi connectivity index (χ1v) is 13.9. The Morgan fingerprint density at radius 2 is 0.930 bits per heavy atom. The summed E-state index contributed by atoms with van der Waals surface area (Å²) in [7, 11) is 3.76. The first kappa shape index (κ1) is 27.5. The molecule has 2 N–H and O–H groups in total. The van der Waals surface area contributed by atoms with E-state index >= 15 is 0 Å². The number of carbonyl (C=O) groups is 1. The van der Waals surface area contributed by atoms with Gasteiger partial charge in [-0.15, -0.1) is 0 Å². The van der Waals surface area contributed by atoms with Crippen molar-refractivity contribution in [3.05, 3.63) is 121 Å². The maximum atomic E-state index is 12.1. The van der Waals surface area contributed by atoms with Crippen molar-refractivity contribution in [1.29, 1.82) is 0 Å². The lowest BCUT2D eigenvalue weighted by molar-refractivity contribution is 0.101. The highest BCUT2D eigenvalue weighted by atomic mass is 16.5. The van der Waals surface area contributed by atoms with Crippen LogP contribution in [0.25, 0.3) is 33.5 Å². The number of ketones is 1. The van der Waals surface area contributed by atoms with Gasteiger partial charge in [-0.3, -0.25) is 4.79 Å². The third-order valence-corrected chi connectivity index (χ3v) is 7.08. The molecule has 43 heavy (non-hydrogen) atoms. The number of anilines is 2. The van der Waals surface area contributed by atoms with E-state index in [0.717, 1.165) is 39.7 Å². The number of benzene rings is 5.